The Morgan fingerprint density at radius 3 is 2.47 bits per heavy atom. The Morgan fingerprint density at radius 2 is 1.97 bits per heavy atom. The molecule has 4 heterocycles. The minimum absolute atomic E-state index is 0.164. The van der Waals surface area contributed by atoms with E-state index in [9.17, 15) is 18.0 Å². The number of likely N-dealkylation sites (tertiary alicyclic amines) is 2. The zero-order valence-corrected chi connectivity index (χ0v) is 17.5. The molecule has 1 amide bonds. The third-order valence-electron chi connectivity index (χ3n) is 5.31. The number of aryl methyl sites for hydroxylation is 2. The van der Waals surface area contributed by atoms with Crippen LogP contribution in [0.4, 0.5) is 13.2 Å². The van der Waals surface area contributed by atoms with E-state index in [1.807, 2.05) is 34.8 Å². The first-order chi connectivity index (χ1) is 14.0. The van der Waals surface area contributed by atoms with Crippen LogP contribution in [0.3, 0.4) is 0 Å². The van der Waals surface area contributed by atoms with Gasteiger partial charge in [-0.1, -0.05) is 0 Å². The second-order valence-electron chi connectivity index (χ2n) is 7.79. The van der Waals surface area contributed by atoms with E-state index in [4.69, 9.17) is 9.90 Å². The number of hydrogen-bond acceptors (Lipinski definition) is 5. The maximum atomic E-state index is 12.5. The lowest BCUT2D eigenvalue weighted by Crippen LogP contribution is -2.59. The van der Waals surface area contributed by atoms with Crippen LogP contribution >= 0.6 is 11.3 Å². The molecule has 1 N–H and O–H groups in total. The van der Waals surface area contributed by atoms with E-state index >= 15 is 0 Å². The summed E-state index contributed by atoms with van der Waals surface area (Å²) in [6.07, 6.45) is -1.97. The molecule has 0 aromatic carbocycles. The predicted molar refractivity (Wildman–Crippen MR) is 104 cm³/mol. The molecule has 2 saturated heterocycles. The number of alkyl halides is 3. The Kier molecular flexibility index (Phi) is 6.23. The zero-order valence-electron chi connectivity index (χ0n) is 16.6. The summed E-state index contributed by atoms with van der Waals surface area (Å²) in [7, 11) is 1.93. The van der Waals surface area contributed by atoms with Crippen LogP contribution in [0.25, 0.3) is 0 Å². The Balaban J connectivity index is 0.000000318. The quantitative estimate of drug-likeness (QED) is 0.788. The van der Waals surface area contributed by atoms with Crippen LogP contribution in [0.2, 0.25) is 0 Å². The van der Waals surface area contributed by atoms with Gasteiger partial charge >= 0.3 is 12.1 Å². The van der Waals surface area contributed by atoms with Gasteiger partial charge in [-0.15, -0.1) is 11.3 Å². The van der Waals surface area contributed by atoms with Crippen molar-refractivity contribution in [2.24, 2.45) is 12.5 Å². The van der Waals surface area contributed by atoms with Crippen molar-refractivity contribution >= 4 is 23.2 Å². The second kappa shape index (κ2) is 8.38. The third kappa shape index (κ3) is 5.01. The summed E-state index contributed by atoms with van der Waals surface area (Å²) in [6, 6.07) is 3.83. The summed E-state index contributed by atoms with van der Waals surface area (Å²) in [5, 5.41) is 10.4. The molecule has 0 atom stereocenters. The number of aliphatic carboxylic acids is 1. The van der Waals surface area contributed by atoms with Crippen LogP contribution in [0.15, 0.2) is 23.7 Å². The van der Waals surface area contributed by atoms with E-state index < -0.39 is 12.1 Å². The smallest absolute Gasteiger partial charge is 0.475 e. The molecule has 0 saturated carbocycles. The SMILES string of the molecule is Cc1nc(CN2CCC3(C2)CN(C(=O)c2cccn2C)C3)cs1.O=C(O)C(F)(F)F. The molecule has 7 nitrogen and oxygen atoms in total. The van der Waals surface area contributed by atoms with Crippen molar-refractivity contribution in [1.82, 2.24) is 19.4 Å². The van der Waals surface area contributed by atoms with Crippen molar-refractivity contribution < 1.29 is 27.9 Å². The minimum atomic E-state index is -5.08. The molecule has 164 valence electrons. The van der Waals surface area contributed by atoms with Gasteiger partial charge in [0.1, 0.15) is 5.69 Å². The van der Waals surface area contributed by atoms with Gasteiger partial charge < -0.3 is 14.6 Å². The Bertz CT molecular complexity index is 918. The van der Waals surface area contributed by atoms with Crippen LogP contribution in [-0.2, 0) is 18.4 Å². The maximum Gasteiger partial charge on any atom is 0.490 e. The molecular formula is C19H23F3N4O3S. The summed E-state index contributed by atoms with van der Waals surface area (Å²) >= 11 is 1.72. The molecule has 2 fully saturated rings. The average molecular weight is 444 g/mol. The number of rotatable bonds is 3. The van der Waals surface area contributed by atoms with Gasteiger partial charge in [-0.3, -0.25) is 9.69 Å². The molecule has 11 heteroatoms. The van der Waals surface area contributed by atoms with Crippen molar-refractivity contribution in [1.29, 1.82) is 0 Å². The zero-order chi connectivity index (χ0) is 22.1. The molecular weight excluding hydrogens is 421 g/mol. The van der Waals surface area contributed by atoms with E-state index in [1.165, 1.54) is 12.1 Å². The number of hydrogen-bond donors (Lipinski definition) is 1. The summed E-state index contributed by atoms with van der Waals surface area (Å²) in [6.45, 7) is 6.98. The molecule has 30 heavy (non-hydrogen) atoms. The minimum Gasteiger partial charge on any atom is -0.475 e. The lowest BCUT2D eigenvalue weighted by molar-refractivity contribution is -0.192. The fourth-order valence-electron chi connectivity index (χ4n) is 3.88. The van der Waals surface area contributed by atoms with E-state index in [0.29, 0.717) is 5.41 Å². The van der Waals surface area contributed by atoms with Crippen LogP contribution < -0.4 is 0 Å². The predicted octanol–water partition coefficient (Wildman–Crippen LogP) is 2.77. The standard InChI is InChI=1S/C17H22N4OS.C2HF3O2/c1-13-18-14(9-23-13)8-20-7-5-17(10-20)11-21(12-17)16(22)15-4-3-6-19(15)2;3-2(4,5)1(6)7/h3-4,6,9H,5,7-8,10-12H2,1-2H3;(H,6,7). The monoisotopic (exact) mass is 444 g/mol. The summed E-state index contributed by atoms with van der Waals surface area (Å²) in [5.41, 5.74) is 2.28. The molecule has 1 spiro atoms. The van der Waals surface area contributed by atoms with Crippen LogP contribution in [0.5, 0.6) is 0 Å². The van der Waals surface area contributed by atoms with Gasteiger partial charge in [0.05, 0.1) is 10.7 Å². The average Bonchev–Trinajstić information content (AvgIpc) is 3.33. The van der Waals surface area contributed by atoms with Crippen molar-refractivity contribution in [2.75, 3.05) is 26.2 Å². The lowest BCUT2D eigenvalue weighted by Gasteiger charge is -2.48. The highest BCUT2D eigenvalue weighted by Crippen LogP contribution is 2.40. The fraction of sp³-hybridized carbons (Fsp3) is 0.526. The Hall–Kier alpha value is -2.40. The normalized spacial score (nSPS) is 18.1. The van der Waals surface area contributed by atoms with Gasteiger partial charge in [0.2, 0.25) is 0 Å². The lowest BCUT2D eigenvalue weighted by atomic mass is 9.79. The molecule has 2 aromatic rings. The first-order valence-electron chi connectivity index (χ1n) is 9.33. The maximum absolute atomic E-state index is 12.5. The highest BCUT2D eigenvalue weighted by Gasteiger charge is 2.49. The number of carboxylic acids is 1. The van der Waals surface area contributed by atoms with E-state index in [1.54, 1.807) is 11.3 Å². The van der Waals surface area contributed by atoms with Crippen LogP contribution in [-0.4, -0.2) is 68.7 Å². The molecule has 2 aromatic heterocycles. The van der Waals surface area contributed by atoms with Crippen molar-refractivity contribution in [3.8, 4) is 0 Å². The summed E-state index contributed by atoms with van der Waals surface area (Å²) in [4.78, 5) is 30.4. The van der Waals surface area contributed by atoms with Crippen molar-refractivity contribution in [3.63, 3.8) is 0 Å². The number of amides is 1. The number of carbonyl (C=O) groups excluding carboxylic acids is 1. The molecule has 4 rings (SSSR count). The number of nitrogens with zero attached hydrogens (tertiary/aromatic N) is 4. The van der Waals surface area contributed by atoms with Gasteiger partial charge in [-0.2, -0.15) is 13.2 Å². The number of thiazole rings is 1. The van der Waals surface area contributed by atoms with Crippen molar-refractivity contribution in [3.05, 3.63) is 40.1 Å². The van der Waals surface area contributed by atoms with Crippen LogP contribution in [0.1, 0.15) is 27.6 Å². The van der Waals surface area contributed by atoms with Gasteiger partial charge in [0.25, 0.3) is 5.91 Å². The van der Waals surface area contributed by atoms with Gasteiger partial charge in [0.15, 0.2) is 0 Å². The second-order valence-corrected chi connectivity index (χ2v) is 8.85. The topological polar surface area (TPSA) is 78.7 Å². The Labute approximate surface area is 175 Å². The number of halogens is 3. The fourth-order valence-corrected chi connectivity index (χ4v) is 4.49. The highest BCUT2D eigenvalue weighted by atomic mass is 32.1. The molecule has 0 bridgehead atoms. The number of carbonyl (C=O) groups is 2. The number of carboxylic acid groups (broad SMARTS) is 1. The highest BCUT2D eigenvalue weighted by molar-refractivity contribution is 7.09. The molecule has 0 radical (unpaired) electrons. The first kappa shape index (κ1) is 22.3. The van der Waals surface area contributed by atoms with E-state index in [2.05, 4.69) is 22.2 Å². The van der Waals surface area contributed by atoms with E-state index in [0.717, 1.165) is 43.4 Å². The Morgan fingerprint density at radius 1 is 1.30 bits per heavy atom. The first-order valence-corrected chi connectivity index (χ1v) is 10.2. The molecule has 2 aliphatic rings. The molecule has 0 aliphatic carbocycles. The van der Waals surface area contributed by atoms with Crippen molar-refractivity contribution in [2.45, 2.75) is 26.1 Å². The molecule has 0 unspecified atom stereocenters. The number of aromatic nitrogens is 2. The summed E-state index contributed by atoms with van der Waals surface area (Å²) in [5.74, 6) is -2.59. The van der Waals surface area contributed by atoms with Gasteiger partial charge in [0, 0.05) is 50.2 Å². The van der Waals surface area contributed by atoms with E-state index in [-0.39, 0.29) is 5.91 Å². The van der Waals surface area contributed by atoms with Gasteiger partial charge in [-0.05, 0) is 32.0 Å². The third-order valence-corrected chi connectivity index (χ3v) is 6.14. The largest absolute Gasteiger partial charge is 0.490 e. The summed E-state index contributed by atoms with van der Waals surface area (Å²) < 4.78 is 33.6. The molecule has 2 aliphatic heterocycles. The van der Waals surface area contributed by atoms with Crippen LogP contribution in [0, 0.1) is 12.3 Å². The van der Waals surface area contributed by atoms with Gasteiger partial charge in [-0.25, -0.2) is 9.78 Å².